The van der Waals surface area contributed by atoms with Crippen molar-refractivity contribution in [3.05, 3.63) is 28.8 Å². The van der Waals surface area contributed by atoms with E-state index in [1.54, 1.807) is 18.2 Å². The molecule has 25 heavy (non-hydrogen) atoms. The summed E-state index contributed by atoms with van der Waals surface area (Å²) in [4.78, 5) is 40.5. The van der Waals surface area contributed by atoms with Crippen molar-refractivity contribution in [2.45, 2.75) is 44.8 Å². The Labute approximate surface area is 150 Å². The lowest BCUT2D eigenvalue weighted by Gasteiger charge is -2.34. The Morgan fingerprint density at radius 3 is 2.48 bits per heavy atom. The van der Waals surface area contributed by atoms with Crippen LogP contribution in [0.4, 0.5) is 5.69 Å². The molecule has 0 aliphatic carbocycles. The summed E-state index contributed by atoms with van der Waals surface area (Å²) in [5.74, 6) is -2.16. The number of carbonyl (C=O) groups is 3. The smallest absolute Gasteiger partial charge is 0.250 e. The molecule has 0 radical (unpaired) electrons. The third-order valence-electron chi connectivity index (χ3n) is 5.50. The Morgan fingerprint density at radius 2 is 1.84 bits per heavy atom. The number of anilines is 1. The second-order valence-electron chi connectivity index (χ2n) is 8.07. The third-order valence-corrected chi connectivity index (χ3v) is 5.73. The van der Waals surface area contributed by atoms with Gasteiger partial charge < -0.3 is 5.32 Å². The number of benzene rings is 1. The van der Waals surface area contributed by atoms with Crippen LogP contribution < -0.4 is 10.6 Å². The number of imide groups is 1. The summed E-state index contributed by atoms with van der Waals surface area (Å²) in [5.41, 5.74) is -0.617. The van der Waals surface area contributed by atoms with Gasteiger partial charge in [0.25, 0.3) is 0 Å². The van der Waals surface area contributed by atoms with Crippen LogP contribution in [0, 0.1) is 11.8 Å². The van der Waals surface area contributed by atoms with Crippen LogP contribution >= 0.6 is 11.6 Å². The first-order valence-electron chi connectivity index (χ1n) is 8.36. The molecule has 1 spiro atoms. The minimum absolute atomic E-state index is 0.220. The predicted molar refractivity (Wildman–Crippen MR) is 92.9 cm³/mol. The Morgan fingerprint density at radius 1 is 1.16 bits per heavy atom. The summed E-state index contributed by atoms with van der Waals surface area (Å²) >= 11 is 6.15. The van der Waals surface area contributed by atoms with Crippen LogP contribution in [0.15, 0.2) is 18.2 Å². The molecule has 3 aliphatic heterocycles. The van der Waals surface area contributed by atoms with Gasteiger partial charge in [0.2, 0.25) is 17.7 Å². The molecule has 4 rings (SSSR count). The number of fused-ring (bicyclic) bond motifs is 4. The molecule has 132 valence electrons. The third kappa shape index (κ3) is 1.92. The number of nitrogens with zero attached hydrogens (tertiary/aromatic N) is 1. The normalized spacial score (nSPS) is 33.9. The van der Waals surface area contributed by atoms with Crippen LogP contribution in [0.5, 0.6) is 0 Å². The lowest BCUT2D eigenvalue weighted by Crippen LogP contribution is -2.55. The van der Waals surface area contributed by atoms with Crippen LogP contribution in [0.3, 0.4) is 0 Å². The first kappa shape index (κ1) is 16.5. The zero-order valence-electron chi connectivity index (χ0n) is 14.5. The van der Waals surface area contributed by atoms with Crippen molar-refractivity contribution in [3.8, 4) is 0 Å². The number of amides is 3. The molecule has 1 aromatic carbocycles. The highest BCUT2D eigenvalue weighted by Crippen LogP contribution is 2.53. The molecule has 1 aromatic rings. The van der Waals surface area contributed by atoms with Gasteiger partial charge in [-0.2, -0.15) is 0 Å². The standard InChI is InChI=1S/C18H20ClN3O3/c1-8-12-13(15(24)22(14(12)23)17(2,3)4)18(21-8)10-7-9(19)5-6-11(10)20-16(18)25/h5-8,12-13,21H,1-4H3,(H,20,25)/t8-,12+,13-,18-/m0/s1. The molecular weight excluding hydrogens is 342 g/mol. The van der Waals surface area contributed by atoms with E-state index in [9.17, 15) is 14.4 Å². The maximum absolute atomic E-state index is 13.2. The molecule has 2 N–H and O–H groups in total. The Hall–Kier alpha value is -1.92. The summed E-state index contributed by atoms with van der Waals surface area (Å²) in [7, 11) is 0. The molecule has 3 aliphatic rings. The van der Waals surface area contributed by atoms with Crippen molar-refractivity contribution in [3.63, 3.8) is 0 Å². The van der Waals surface area contributed by atoms with E-state index in [-0.39, 0.29) is 23.8 Å². The molecule has 3 amide bonds. The highest BCUT2D eigenvalue weighted by molar-refractivity contribution is 6.31. The SMILES string of the molecule is C[C@@H]1N[C@]2(C(=O)Nc3ccc(Cl)cc32)[C@@H]2C(=O)N(C(C)(C)C)C(=O)[C@H]12. The van der Waals surface area contributed by atoms with Gasteiger partial charge >= 0.3 is 0 Å². The molecule has 2 fully saturated rings. The topological polar surface area (TPSA) is 78.5 Å². The maximum Gasteiger partial charge on any atom is 0.250 e. The molecule has 0 saturated carbocycles. The van der Waals surface area contributed by atoms with Crippen LogP contribution in [0.25, 0.3) is 0 Å². The number of halogens is 1. The fourth-order valence-corrected chi connectivity index (χ4v) is 4.77. The molecule has 2 saturated heterocycles. The lowest BCUT2D eigenvalue weighted by atomic mass is 9.76. The Kier molecular flexibility index (Phi) is 3.19. The number of likely N-dealkylation sites (tertiary alicyclic amines) is 1. The molecule has 0 unspecified atom stereocenters. The largest absolute Gasteiger partial charge is 0.324 e. The van der Waals surface area contributed by atoms with E-state index >= 15 is 0 Å². The van der Waals surface area contributed by atoms with Crippen LogP contribution in [0.1, 0.15) is 33.3 Å². The number of hydrogen-bond acceptors (Lipinski definition) is 4. The van der Waals surface area contributed by atoms with Gasteiger partial charge in [0.15, 0.2) is 0 Å². The van der Waals surface area contributed by atoms with E-state index in [0.29, 0.717) is 16.3 Å². The monoisotopic (exact) mass is 361 g/mol. The van der Waals surface area contributed by atoms with Crippen molar-refractivity contribution in [1.82, 2.24) is 10.2 Å². The summed E-state index contributed by atoms with van der Waals surface area (Å²) in [5, 5.41) is 6.58. The van der Waals surface area contributed by atoms with Crippen LogP contribution in [-0.2, 0) is 19.9 Å². The number of hydrogen-bond donors (Lipinski definition) is 2. The van der Waals surface area contributed by atoms with E-state index in [2.05, 4.69) is 10.6 Å². The van der Waals surface area contributed by atoms with Gasteiger partial charge in [0, 0.05) is 27.9 Å². The van der Waals surface area contributed by atoms with E-state index in [1.165, 1.54) is 4.90 Å². The van der Waals surface area contributed by atoms with Crippen molar-refractivity contribution < 1.29 is 14.4 Å². The minimum Gasteiger partial charge on any atom is -0.324 e. The van der Waals surface area contributed by atoms with Gasteiger partial charge in [-0.1, -0.05) is 11.6 Å². The molecule has 0 bridgehead atoms. The second-order valence-corrected chi connectivity index (χ2v) is 8.51. The van der Waals surface area contributed by atoms with Crippen LogP contribution in [-0.4, -0.2) is 34.2 Å². The first-order chi connectivity index (χ1) is 11.6. The molecular formula is C18H20ClN3O3. The lowest BCUT2D eigenvalue weighted by molar-refractivity contribution is -0.147. The zero-order valence-corrected chi connectivity index (χ0v) is 15.3. The number of carbonyl (C=O) groups excluding carboxylic acids is 3. The predicted octanol–water partition coefficient (Wildman–Crippen LogP) is 1.88. The van der Waals surface area contributed by atoms with Gasteiger partial charge in [-0.3, -0.25) is 24.6 Å². The molecule has 6 nitrogen and oxygen atoms in total. The minimum atomic E-state index is -1.25. The Bertz CT molecular complexity index is 831. The van der Waals surface area contributed by atoms with E-state index in [4.69, 9.17) is 11.6 Å². The van der Waals surface area contributed by atoms with Crippen molar-refractivity contribution in [1.29, 1.82) is 0 Å². The van der Waals surface area contributed by atoms with Crippen molar-refractivity contribution in [2.24, 2.45) is 11.8 Å². The number of rotatable bonds is 0. The maximum atomic E-state index is 13.2. The molecule has 0 aromatic heterocycles. The van der Waals surface area contributed by atoms with E-state index in [1.807, 2.05) is 27.7 Å². The van der Waals surface area contributed by atoms with Gasteiger partial charge in [-0.05, 0) is 45.9 Å². The van der Waals surface area contributed by atoms with E-state index < -0.39 is 22.9 Å². The number of nitrogens with one attached hydrogen (secondary N) is 2. The molecule has 7 heteroatoms. The van der Waals surface area contributed by atoms with E-state index in [0.717, 1.165) is 0 Å². The summed E-state index contributed by atoms with van der Waals surface area (Å²) in [6.45, 7) is 7.33. The van der Waals surface area contributed by atoms with Gasteiger partial charge in [-0.25, -0.2) is 0 Å². The summed E-state index contributed by atoms with van der Waals surface area (Å²) in [6.07, 6.45) is 0. The van der Waals surface area contributed by atoms with Crippen molar-refractivity contribution in [2.75, 3.05) is 5.32 Å². The fraction of sp³-hybridized carbons (Fsp3) is 0.500. The van der Waals surface area contributed by atoms with Crippen molar-refractivity contribution >= 4 is 35.0 Å². The molecule has 3 heterocycles. The van der Waals surface area contributed by atoms with Gasteiger partial charge in [0.1, 0.15) is 5.54 Å². The quantitative estimate of drug-likeness (QED) is 0.691. The summed E-state index contributed by atoms with van der Waals surface area (Å²) < 4.78 is 0. The molecule has 4 atom stereocenters. The Balaban J connectivity index is 1.92. The highest BCUT2D eigenvalue weighted by Gasteiger charge is 2.70. The van der Waals surface area contributed by atoms with Gasteiger partial charge in [0.05, 0.1) is 11.8 Å². The highest BCUT2D eigenvalue weighted by atomic mass is 35.5. The fourth-order valence-electron chi connectivity index (χ4n) is 4.60. The second kappa shape index (κ2) is 4.83. The summed E-state index contributed by atoms with van der Waals surface area (Å²) in [6, 6.07) is 4.82. The average Bonchev–Trinajstić information content (AvgIpc) is 3.04. The first-order valence-corrected chi connectivity index (χ1v) is 8.74. The zero-order chi connectivity index (χ0) is 18.3. The average molecular weight is 362 g/mol. The van der Waals surface area contributed by atoms with Crippen LogP contribution in [0.2, 0.25) is 5.02 Å². The van der Waals surface area contributed by atoms with Gasteiger partial charge in [-0.15, -0.1) is 0 Å².